The zero-order chi connectivity index (χ0) is 35.2. The Hall–Kier alpha value is -2.84. The zero-order valence-electron chi connectivity index (χ0n) is 27.8. The standard InChI is InChI=1S/2C18H22O5S.Ca/c2*1-2-3-4-6-9-14-12-16(24(20,21)22)13-17(18(14)19)23-15-10-7-5-8-11-15;/h2*5,7-8,10-13,19H,2-4,6,9H2,1H3,(H,20,21,22);/q;;+2/p-2. The van der Waals surface area contributed by atoms with Gasteiger partial charge in [0, 0.05) is 6.07 Å². The van der Waals surface area contributed by atoms with E-state index >= 15 is 0 Å². The Morgan fingerprint density at radius 1 is 0.633 bits per heavy atom. The molecule has 0 saturated heterocycles. The average Bonchev–Trinajstić information content (AvgIpc) is 3.05. The Kier molecular flexibility index (Phi) is 17.9. The van der Waals surface area contributed by atoms with Crippen molar-refractivity contribution in [3.8, 4) is 34.5 Å². The van der Waals surface area contributed by atoms with Crippen molar-refractivity contribution < 1.29 is 45.6 Å². The molecule has 0 heterocycles. The number of unbranched alkanes of at least 4 members (excludes halogenated alkanes) is 6. The zero-order valence-corrected chi connectivity index (χ0v) is 31.7. The summed E-state index contributed by atoms with van der Waals surface area (Å²) in [7, 11) is -9.04. The molecule has 0 aliphatic rings. The van der Waals surface area contributed by atoms with E-state index in [1.807, 2.05) is 6.07 Å². The van der Waals surface area contributed by atoms with Gasteiger partial charge < -0.3 is 24.2 Å². The van der Waals surface area contributed by atoms with Gasteiger partial charge in [0.05, 0.1) is 9.79 Å². The number of aryl methyl sites for hydroxylation is 2. The van der Waals surface area contributed by atoms with Crippen molar-refractivity contribution in [2.45, 2.75) is 87.8 Å². The van der Waals surface area contributed by atoms with Crippen molar-refractivity contribution >= 4 is 58.0 Å². The molecule has 0 unspecified atom stereocenters. The molecule has 49 heavy (non-hydrogen) atoms. The quantitative estimate of drug-likeness (QED) is 0.0657. The summed E-state index contributed by atoms with van der Waals surface area (Å²) in [6.07, 6.45) is 8.71. The molecule has 2 N–H and O–H groups in total. The van der Waals surface area contributed by atoms with E-state index in [9.17, 15) is 36.2 Å². The minimum absolute atomic E-state index is 0. The number of hydrogen-bond acceptors (Lipinski definition) is 9. The third-order valence-corrected chi connectivity index (χ3v) is 9.01. The minimum atomic E-state index is -4.66. The number of aromatic hydroxyl groups is 1. The van der Waals surface area contributed by atoms with Gasteiger partial charge >= 0.3 is 37.7 Å². The molecular formula is C36H42CaO10S2. The average molecular weight is 739 g/mol. The van der Waals surface area contributed by atoms with Crippen molar-refractivity contribution in [3.63, 3.8) is 0 Å². The van der Waals surface area contributed by atoms with Crippen LogP contribution in [-0.2, 0) is 33.1 Å². The van der Waals surface area contributed by atoms with E-state index in [1.54, 1.807) is 54.6 Å². The molecule has 0 fully saturated rings. The summed E-state index contributed by atoms with van der Waals surface area (Å²) in [6.45, 7) is 4.18. The molecule has 0 amide bonds. The van der Waals surface area contributed by atoms with Crippen LogP contribution in [0.3, 0.4) is 0 Å². The predicted octanol–water partition coefficient (Wildman–Crippen LogP) is 7.75. The fourth-order valence-electron chi connectivity index (χ4n) is 4.81. The summed E-state index contributed by atoms with van der Waals surface area (Å²) in [6, 6.07) is 21.9. The second-order valence-corrected chi connectivity index (χ2v) is 14.0. The van der Waals surface area contributed by atoms with Gasteiger partial charge in [0.25, 0.3) is 10.1 Å². The van der Waals surface area contributed by atoms with Crippen LogP contribution < -0.4 is 14.6 Å². The van der Waals surface area contributed by atoms with Crippen LogP contribution in [0.1, 0.15) is 76.3 Å². The fraction of sp³-hybridized carbons (Fsp3) is 0.333. The van der Waals surface area contributed by atoms with E-state index in [0.29, 0.717) is 35.5 Å². The van der Waals surface area contributed by atoms with Crippen LogP contribution in [0, 0.1) is 0 Å². The van der Waals surface area contributed by atoms with Crippen molar-refractivity contribution in [2.24, 2.45) is 0 Å². The molecule has 0 aromatic heterocycles. The number of para-hydroxylation sites is 2. The maximum Gasteiger partial charge on any atom is 2.00 e. The minimum Gasteiger partial charge on any atom is -0.870 e. The van der Waals surface area contributed by atoms with Crippen LogP contribution in [-0.4, -0.2) is 68.8 Å². The van der Waals surface area contributed by atoms with E-state index in [1.165, 1.54) is 12.1 Å². The van der Waals surface area contributed by atoms with Crippen LogP contribution in [0.2, 0.25) is 0 Å². The number of phenols is 1. The molecule has 260 valence electrons. The maximum absolute atomic E-state index is 12.5. The Labute approximate surface area is 319 Å². The van der Waals surface area contributed by atoms with Crippen LogP contribution in [0.5, 0.6) is 34.5 Å². The smallest absolute Gasteiger partial charge is 0.870 e. The first kappa shape index (κ1) is 42.3. The molecule has 0 aliphatic heterocycles. The molecule has 0 radical (unpaired) electrons. The van der Waals surface area contributed by atoms with Gasteiger partial charge in [-0.25, -0.2) is 8.42 Å². The largest absolute Gasteiger partial charge is 2.00 e. The van der Waals surface area contributed by atoms with E-state index in [0.717, 1.165) is 63.5 Å². The van der Waals surface area contributed by atoms with E-state index in [4.69, 9.17) is 9.47 Å². The van der Waals surface area contributed by atoms with Crippen molar-refractivity contribution in [1.82, 2.24) is 0 Å². The molecule has 4 aromatic carbocycles. The van der Waals surface area contributed by atoms with E-state index in [-0.39, 0.29) is 65.6 Å². The molecular weight excluding hydrogens is 697 g/mol. The number of benzene rings is 4. The Morgan fingerprint density at radius 2 is 1.08 bits per heavy atom. The molecule has 0 saturated carbocycles. The monoisotopic (exact) mass is 738 g/mol. The molecule has 0 spiro atoms. The number of rotatable bonds is 16. The van der Waals surface area contributed by atoms with Gasteiger partial charge in [-0.2, -0.15) is 8.42 Å². The predicted molar refractivity (Wildman–Crippen MR) is 186 cm³/mol. The summed E-state index contributed by atoms with van der Waals surface area (Å²) in [4.78, 5) is -0.713. The van der Waals surface area contributed by atoms with Gasteiger partial charge in [0.2, 0.25) is 0 Å². The van der Waals surface area contributed by atoms with Gasteiger partial charge in [0.1, 0.15) is 27.4 Å². The maximum atomic E-state index is 12.5. The first-order valence-corrected chi connectivity index (χ1v) is 18.8. The first-order chi connectivity index (χ1) is 22.8. The Bertz CT molecular complexity index is 1680. The molecule has 13 heteroatoms. The van der Waals surface area contributed by atoms with Gasteiger partial charge in [-0.15, -0.1) is 0 Å². The van der Waals surface area contributed by atoms with Crippen molar-refractivity contribution in [1.29, 1.82) is 0 Å². The van der Waals surface area contributed by atoms with E-state index in [2.05, 4.69) is 13.8 Å². The van der Waals surface area contributed by atoms with Gasteiger partial charge in [-0.05, 0) is 73.7 Å². The van der Waals surface area contributed by atoms with Gasteiger partial charge in [-0.1, -0.05) is 100 Å². The second-order valence-electron chi connectivity index (χ2n) is 11.2. The first-order valence-electron chi connectivity index (χ1n) is 15.9. The topological polar surface area (TPSA) is 173 Å². The van der Waals surface area contributed by atoms with E-state index < -0.39 is 25.1 Å². The number of phenolic OH excluding ortho intramolecular Hbond substituents is 1. The summed E-state index contributed by atoms with van der Waals surface area (Å²) in [5.74, 6) is 0.292. The second kappa shape index (κ2) is 20.7. The SMILES string of the molecule is CCCCCCc1cc(S(=O)(=O)O)cc(Oc2ccccc2)c1O.CCCCCCc1cc(S(=O)(=O)[O-])cc(Oc2ccccc2)c1[O-].[Ca+2]. The molecule has 10 nitrogen and oxygen atoms in total. The third-order valence-electron chi connectivity index (χ3n) is 7.36. The molecule has 0 atom stereocenters. The van der Waals surface area contributed by atoms with Gasteiger partial charge in [-0.3, -0.25) is 4.55 Å². The van der Waals surface area contributed by atoms with Crippen molar-refractivity contribution in [3.05, 3.63) is 96.1 Å². The van der Waals surface area contributed by atoms with Crippen LogP contribution in [0.25, 0.3) is 0 Å². The van der Waals surface area contributed by atoms with Crippen LogP contribution in [0.4, 0.5) is 0 Å². The molecule has 4 rings (SSSR count). The number of ether oxygens (including phenoxy) is 2. The molecule has 0 aliphatic carbocycles. The van der Waals surface area contributed by atoms with Crippen molar-refractivity contribution in [2.75, 3.05) is 0 Å². The normalized spacial score (nSPS) is 11.2. The third kappa shape index (κ3) is 14.1. The Balaban J connectivity index is 0.000000333. The summed E-state index contributed by atoms with van der Waals surface area (Å²) >= 11 is 0. The molecule has 0 bridgehead atoms. The fourth-order valence-corrected chi connectivity index (χ4v) is 5.89. The van der Waals surface area contributed by atoms with Crippen LogP contribution in [0.15, 0.2) is 94.7 Å². The molecule has 4 aromatic rings. The Morgan fingerprint density at radius 3 is 1.55 bits per heavy atom. The van der Waals surface area contributed by atoms with Gasteiger partial charge in [0.15, 0.2) is 11.5 Å². The summed E-state index contributed by atoms with van der Waals surface area (Å²) in [5.41, 5.74) is 0.751. The summed E-state index contributed by atoms with van der Waals surface area (Å²) < 4.78 is 77.5. The van der Waals surface area contributed by atoms with Crippen LogP contribution >= 0.6 is 0 Å². The summed E-state index contributed by atoms with van der Waals surface area (Å²) in [5, 5.41) is 22.9. The number of hydrogen-bond donors (Lipinski definition) is 2.